The second-order valence-corrected chi connectivity index (χ2v) is 3.54. The molecule has 0 bridgehead atoms. The lowest BCUT2D eigenvalue weighted by molar-refractivity contribution is 0.339. The molecular weight excluding hydrogens is 136 g/mol. The van der Waals surface area contributed by atoms with Crippen LogP contribution in [-0.4, -0.2) is 26.2 Å². The van der Waals surface area contributed by atoms with E-state index in [4.69, 9.17) is 0 Å². The molecule has 1 heterocycles. The summed E-state index contributed by atoms with van der Waals surface area (Å²) in [6, 6.07) is 0.708. The maximum Gasteiger partial charge on any atom is 0.0145 e. The van der Waals surface area contributed by atoms with Crippen LogP contribution in [0.5, 0.6) is 0 Å². The summed E-state index contributed by atoms with van der Waals surface area (Å²) < 4.78 is 0. The molecule has 1 saturated heterocycles. The lowest BCUT2D eigenvalue weighted by Gasteiger charge is -2.28. The highest BCUT2D eigenvalue weighted by Gasteiger charge is 2.32. The van der Waals surface area contributed by atoms with Crippen LogP contribution in [0.4, 0.5) is 0 Å². The SMILES string of the molecule is CN[C@@H]1CC=C[C@H]2CNC[C@H]21. The van der Waals surface area contributed by atoms with Crippen LogP contribution in [0, 0.1) is 11.8 Å². The zero-order valence-electron chi connectivity index (χ0n) is 7.01. The van der Waals surface area contributed by atoms with Crippen LogP contribution >= 0.6 is 0 Å². The van der Waals surface area contributed by atoms with Crippen molar-refractivity contribution < 1.29 is 0 Å². The van der Waals surface area contributed by atoms with E-state index < -0.39 is 0 Å². The Labute approximate surface area is 68.1 Å². The first-order valence-electron chi connectivity index (χ1n) is 4.46. The van der Waals surface area contributed by atoms with Crippen LogP contribution in [0.2, 0.25) is 0 Å². The van der Waals surface area contributed by atoms with Crippen LogP contribution in [0.25, 0.3) is 0 Å². The zero-order valence-corrected chi connectivity index (χ0v) is 7.01. The lowest BCUT2D eigenvalue weighted by atomic mass is 9.83. The third-order valence-corrected chi connectivity index (χ3v) is 2.97. The smallest absolute Gasteiger partial charge is 0.0145 e. The molecule has 0 aromatic heterocycles. The van der Waals surface area contributed by atoms with Gasteiger partial charge in [0.15, 0.2) is 0 Å². The van der Waals surface area contributed by atoms with E-state index in [0.717, 1.165) is 11.8 Å². The van der Waals surface area contributed by atoms with Gasteiger partial charge >= 0.3 is 0 Å². The quantitative estimate of drug-likeness (QED) is 0.530. The first-order chi connectivity index (χ1) is 5.42. The maximum absolute atomic E-state index is 3.44. The molecule has 0 radical (unpaired) electrons. The Kier molecular flexibility index (Phi) is 1.96. The Hall–Kier alpha value is -0.340. The fourth-order valence-corrected chi connectivity index (χ4v) is 2.28. The Bertz CT molecular complexity index is 165. The van der Waals surface area contributed by atoms with Crippen LogP contribution in [0.3, 0.4) is 0 Å². The van der Waals surface area contributed by atoms with Gasteiger partial charge < -0.3 is 10.6 Å². The molecule has 2 rings (SSSR count). The fraction of sp³-hybridized carbons (Fsp3) is 0.778. The van der Waals surface area contributed by atoms with Crippen molar-refractivity contribution in [3.05, 3.63) is 12.2 Å². The fourth-order valence-electron chi connectivity index (χ4n) is 2.28. The summed E-state index contributed by atoms with van der Waals surface area (Å²) in [6.45, 7) is 2.37. The van der Waals surface area contributed by atoms with Gasteiger partial charge in [0.2, 0.25) is 0 Å². The maximum atomic E-state index is 3.44. The zero-order chi connectivity index (χ0) is 7.68. The molecule has 62 valence electrons. The van der Waals surface area contributed by atoms with E-state index in [1.165, 1.54) is 19.5 Å². The van der Waals surface area contributed by atoms with Crippen LogP contribution < -0.4 is 10.6 Å². The van der Waals surface area contributed by atoms with Gasteiger partial charge in [-0.3, -0.25) is 0 Å². The molecule has 0 saturated carbocycles. The summed E-state index contributed by atoms with van der Waals surface area (Å²) in [5.74, 6) is 1.63. The van der Waals surface area contributed by atoms with Gasteiger partial charge in [-0.25, -0.2) is 0 Å². The highest BCUT2D eigenvalue weighted by atomic mass is 15.0. The Morgan fingerprint density at radius 2 is 2.36 bits per heavy atom. The highest BCUT2D eigenvalue weighted by Crippen LogP contribution is 2.27. The highest BCUT2D eigenvalue weighted by molar-refractivity contribution is 5.06. The van der Waals surface area contributed by atoms with Crippen molar-refractivity contribution in [2.24, 2.45) is 11.8 Å². The van der Waals surface area contributed by atoms with E-state index in [2.05, 4.69) is 29.8 Å². The number of hydrogen-bond acceptors (Lipinski definition) is 2. The normalized spacial score (nSPS) is 42.5. The average Bonchev–Trinajstić information content (AvgIpc) is 2.50. The Morgan fingerprint density at radius 3 is 3.18 bits per heavy atom. The Balaban J connectivity index is 2.09. The van der Waals surface area contributed by atoms with Crippen LogP contribution in [0.15, 0.2) is 12.2 Å². The van der Waals surface area contributed by atoms with E-state index in [1.807, 2.05) is 0 Å². The minimum atomic E-state index is 0.708. The van der Waals surface area contributed by atoms with Crippen molar-refractivity contribution in [1.82, 2.24) is 10.6 Å². The lowest BCUT2D eigenvalue weighted by Crippen LogP contribution is -2.38. The van der Waals surface area contributed by atoms with E-state index in [0.29, 0.717) is 6.04 Å². The molecule has 1 aliphatic heterocycles. The van der Waals surface area contributed by atoms with Gasteiger partial charge in [-0.05, 0) is 25.3 Å². The molecule has 0 aromatic rings. The second-order valence-electron chi connectivity index (χ2n) is 3.54. The largest absolute Gasteiger partial charge is 0.316 e. The van der Waals surface area contributed by atoms with Gasteiger partial charge in [0.1, 0.15) is 0 Å². The number of fused-ring (bicyclic) bond motifs is 1. The number of hydrogen-bond donors (Lipinski definition) is 2. The molecule has 2 aliphatic rings. The predicted molar refractivity (Wildman–Crippen MR) is 46.5 cm³/mol. The summed E-state index contributed by atoms with van der Waals surface area (Å²) in [4.78, 5) is 0. The summed E-state index contributed by atoms with van der Waals surface area (Å²) in [5.41, 5.74) is 0. The van der Waals surface area contributed by atoms with E-state index >= 15 is 0 Å². The van der Waals surface area contributed by atoms with Crippen molar-refractivity contribution in [1.29, 1.82) is 0 Å². The minimum Gasteiger partial charge on any atom is -0.316 e. The molecule has 1 fully saturated rings. The first kappa shape index (κ1) is 7.32. The van der Waals surface area contributed by atoms with Gasteiger partial charge in [-0.15, -0.1) is 0 Å². The molecule has 0 aromatic carbocycles. The van der Waals surface area contributed by atoms with Crippen molar-refractivity contribution in [2.45, 2.75) is 12.5 Å². The third-order valence-electron chi connectivity index (χ3n) is 2.97. The van der Waals surface area contributed by atoms with Gasteiger partial charge in [-0.1, -0.05) is 12.2 Å². The predicted octanol–water partition coefficient (Wildman–Crippen LogP) is 0.370. The van der Waals surface area contributed by atoms with Gasteiger partial charge in [0.05, 0.1) is 0 Å². The molecule has 2 heteroatoms. The minimum absolute atomic E-state index is 0.708. The molecule has 0 spiro atoms. The molecular formula is C9H16N2. The summed E-state index contributed by atoms with van der Waals surface area (Å²) in [5, 5.41) is 6.82. The molecule has 1 aliphatic carbocycles. The monoisotopic (exact) mass is 152 g/mol. The van der Waals surface area contributed by atoms with Crippen molar-refractivity contribution in [3.63, 3.8) is 0 Å². The average molecular weight is 152 g/mol. The number of rotatable bonds is 1. The Morgan fingerprint density at radius 1 is 1.45 bits per heavy atom. The van der Waals surface area contributed by atoms with E-state index in [9.17, 15) is 0 Å². The van der Waals surface area contributed by atoms with E-state index in [1.54, 1.807) is 0 Å². The van der Waals surface area contributed by atoms with E-state index in [-0.39, 0.29) is 0 Å². The molecule has 3 atom stereocenters. The van der Waals surface area contributed by atoms with Crippen molar-refractivity contribution >= 4 is 0 Å². The molecule has 2 nitrogen and oxygen atoms in total. The summed E-state index contributed by atoms with van der Waals surface area (Å²) >= 11 is 0. The molecule has 0 unspecified atom stereocenters. The van der Waals surface area contributed by atoms with Gasteiger partial charge in [-0.2, -0.15) is 0 Å². The second kappa shape index (κ2) is 2.95. The topological polar surface area (TPSA) is 24.1 Å². The van der Waals surface area contributed by atoms with Gasteiger partial charge in [0.25, 0.3) is 0 Å². The molecule has 11 heavy (non-hydrogen) atoms. The van der Waals surface area contributed by atoms with Crippen LogP contribution in [0.1, 0.15) is 6.42 Å². The summed E-state index contributed by atoms with van der Waals surface area (Å²) in [7, 11) is 2.07. The molecule has 2 N–H and O–H groups in total. The van der Waals surface area contributed by atoms with Crippen molar-refractivity contribution in [2.75, 3.05) is 20.1 Å². The van der Waals surface area contributed by atoms with Crippen LogP contribution in [-0.2, 0) is 0 Å². The third kappa shape index (κ3) is 1.21. The first-order valence-corrected chi connectivity index (χ1v) is 4.46. The van der Waals surface area contributed by atoms with Gasteiger partial charge in [0, 0.05) is 19.1 Å². The standard InChI is InChI=1S/C9H16N2/c1-10-9-4-2-3-7-5-11-6-8(7)9/h2-3,7-11H,4-6H2,1H3/t7-,8+,9+/m0/s1. The summed E-state index contributed by atoms with van der Waals surface area (Å²) in [6.07, 6.45) is 5.90. The molecule has 0 amide bonds. The van der Waals surface area contributed by atoms with Crippen molar-refractivity contribution in [3.8, 4) is 0 Å². The number of nitrogens with one attached hydrogen (secondary N) is 2.